The van der Waals surface area contributed by atoms with Crippen LogP contribution in [-0.2, 0) is 14.3 Å². The standard InChI is InChI=1S/C13H23NO5/c1-9(15)13(10(16)18-5)7-6-8-14(13)11(17)19-12(2,3)4/h9,15H,6-8H2,1-5H3. The van der Waals surface area contributed by atoms with Crippen LogP contribution in [0, 0.1) is 0 Å². The fourth-order valence-corrected chi connectivity index (χ4v) is 2.41. The maximum Gasteiger partial charge on any atom is 0.411 e. The molecule has 0 aliphatic carbocycles. The number of rotatable bonds is 2. The van der Waals surface area contributed by atoms with Gasteiger partial charge in [0.05, 0.1) is 13.2 Å². The first-order valence-corrected chi connectivity index (χ1v) is 6.42. The second-order valence-electron chi connectivity index (χ2n) is 5.83. The van der Waals surface area contributed by atoms with E-state index in [4.69, 9.17) is 9.47 Å². The van der Waals surface area contributed by atoms with Gasteiger partial charge in [-0.1, -0.05) is 0 Å². The molecule has 1 N–H and O–H groups in total. The van der Waals surface area contributed by atoms with Crippen LogP contribution in [0.2, 0.25) is 0 Å². The molecule has 2 unspecified atom stereocenters. The van der Waals surface area contributed by atoms with Crippen LogP contribution < -0.4 is 0 Å². The third-order valence-corrected chi connectivity index (χ3v) is 3.27. The van der Waals surface area contributed by atoms with Crippen molar-refractivity contribution < 1.29 is 24.2 Å². The summed E-state index contributed by atoms with van der Waals surface area (Å²) in [4.78, 5) is 25.5. The van der Waals surface area contributed by atoms with Gasteiger partial charge in [0.2, 0.25) is 0 Å². The molecule has 1 rings (SSSR count). The zero-order chi connectivity index (χ0) is 14.8. The summed E-state index contributed by atoms with van der Waals surface area (Å²) in [5, 5.41) is 9.97. The zero-order valence-corrected chi connectivity index (χ0v) is 12.2. The van der Waals surface area contributed by atoms with Gasteiger partial charge in [0.25, 0.3) is 0 Å². The molecule has 0 saturated carbocycles. The molecule has 0 spiro atoms. The van der Waals surface area contributed by atoms with Crippen LogP contribution in [0.25, 0.3) is 0 Å². The summed E-state index contributed by atoms with van der Waals surface area (Å²) in [6, 6.07) is 0. The predicted octanol–water partition coefficient (Wildman–Crippen LogP) is 1.31. The number of aliphatic hydroxyl groups is 1. The number of nitrogens with zero attached hydrogens (tertiary/aromatic N) is 1. The second-order valence-corrected chi connectivity index (χ2v) is 5.83. The highest BCUT2D eigenvalue weighted by Gasteiger charge is 2.55. The van der Waals surface area contributed by atoms with E-state index in [9.17, 15) is 14.7 Å². The lowest BCUT2D eigenvalue weighted by molar-refractivity contribution is -0.160. The Hall–Kier alpha value is -1.30. The first-order chi connectivity index (χ1) is 8.65. The van der Waals surface area contributed by atoms with Gasteiger partial charge in [0.1, 0.15) is 5.60 Å². The molecule has 0 radical (unpaired) electrons. The number of likely N-dealkylation sites (tertiary alicyclic amines) is 1. The van der Waals surface area contributed by atoms with Gasteiger partial charge in [0.15, 0.2) is 5.54 Å². The highest BCUT2D eigenvalue weighted by Crippen LogP contribution is 2.35. The van der Waals surface area contributed by atoms with Crippen molar-refractivity contribution in [1.29, 1.82) is 0 Å². The first kappa shape index (κ1) is 15.8. The molecule has 0 aromatic heterocycles. The maximum absolute atomic E-state index is 12.2. The molecule has 0 aromatic rings. The Morgan fingerprint density at radius 2 is 1.95 bits per heavy atom. The van der Waals surface area contributed by atoms with Crippen molar-refractivity contribution in [1.82, 2.24) is 4.90 Å². The average Bonchev–Trinajstić information content (AvgIpc) is 2.71. The molecule has 2 atom stereocenters. The quantitative estimate of drug-likeness (QED) is 0.768. The summed E-state index contributed by atoms with van der Waals surface area (Å²) in [6.07, 6.45) is -0.623. The van der Waals surface area contributed by atoms with Gasteiger partial charge in [-0.2, -0.15) is 0 Å². The van der Waals surface area contributed by atoms with E-state index in [0.29, 0.717) is 19.4 Å². The average molecular weight is 273 g/mol. The van der Waals surface area contributed by atoms with E-state index in [2.05, 4.69) is 0 Å². The first-order valence-electron chi connectivity index (χ1n) is 6.42. The second kappa shape index (κ2) is 5.36. The van der Waals surface area contributed by atoms with Crippen molar-refractivity contribution in [2.75, 3.05) is 13.7 Å². The van der Waals surface area contributed by atoms with E-state index in [1.165, 1.54) is 18.9 Å². The monoisotopic (exact) mass is 273 g/mol. The Morgan fingerprint density at radius 3 is 2.37 bits per heavy atom. The molecular formula is C13H23NO5. The minimum atomic E-state index is -1.34. The third kappa shape index (κ3) is 3.00. The number of carbonyl (C=O) groups is 2. The smallest absolute Gasteiger partial charge is 0.411 e. The molecule has 6 nitrogen and oxygen atoms in total. The third-order valence-electron chi connectivity index (χ3n) is 3.27. The van der Waals surface area contributed by atoms with Crippen molar-refractivity contribution in [2.24, 2.45) is 0 Å². The molecule has 110 valence electrons. The van der Waals surface area contributed by atoms with Gasteiger partial charge in [-0.05, 0) is 40.5 Å². The Bertz CT molecular complexity index is 361. The van der Waals surface area contributed by atoms with Gasteiger partial charge in [-0.3, -0.25) is 4.90 Å². The van der Waals surface area contributed by atoms with Gasteiger partial charge < -0.3 is 14.6 Å². The summed E-state index contributed by atoms with van der Waals surface area (Å²) < 4.78 is 10.1. The number of aliphatic hydroxyl groups excluding tert-OH is 1. The summed E-state index contributed by atoms with van der Waals surface area (Å²) in [6.45, 7) is 7.12. The van der Waals surface area contributed by atoms with E-state index in [-0.39, 0.29) is 0 Å². The van der Waals surface area contributed by atoms with Crippen molar-refractivity contribution in [3.63, 3.8) is 0 Å². The maximum atomic E-state index is 12.2. The summed E-state index contributed by atoms with van der Waals surface area (Å²) in [5.74, 6) is -0.606. The number of methoxy groups -OCH3 is 1. The summed E-state index contributed by atoms with van der Waals surface area (Å²) in [5.41, 5.74) is -1.99. The number of amides is 1. The summed E-state index contributed by atoms with van der Waals surface area (Å²) in [7, 11) is 1.25. The lowest BCUT2D eigenvalue weighted by atomic mass is 9.90. The fraction of sp³-hybridized carbons (Fsp3) is 0.846. The topological polar surface area (TPSA) is 76.1 Å². The Kier molecular flexibility index (Phi) is 4.45. The highest BCUT2D eigenvalue weighted by molar-refractivity contribution is 5.87. The normalized spacial score (nSPS) is 25.1. The number of esters is 1. The van der Waals surface area contributed by atoms with Crippen LogP contribution >= 0.6 is 0 Å². The van der Waals surface area contributed by atoms with Crippen molar-refractivity contribution in [3.8, 4) is 0 Å². The minimum Gasteiger partial charge on any atom is -0.467 e. The molecule has 1 heterocycles. The Labute approximate surface area is 113 Å². The van der Waals surface area contributed by atoms with E-state index >= 15 is 0 Å². The van der Waals surface area contributed by atoms with Crippen LogP contribution in [0.1, 0.15) is 40.5 Å². The molecule has 6 heteroatoms. The Morgan fingerprint density at radius 1 is 1.37 bits per heavy atom. The van der Waals surface area contributed by atoms with E-state index in [1.54, 1.807) is 20.8 Å². The molecular weight excluding hydrogens is 250 g/mol. The zero-order valence-electron chi connectivity index (χ0n) is 12.2. The minimum absolute atomic E-state index is 0.370. The lowest BCUT2D eigenvalue weighted by Gasteiger charge is -2.38. The van der Waals surface area contributed by atoms with Gasteiger partial charge in [-0.25, -0.2) is 9.59 Å². The summed E-state index contributed by atoms with van der Waals surface area (Å²) >= 11 is 0. The van der Waals surface area contributed by atoms with Crippen molar-refractivity contribution >= 4 is 12.1 Å². The molecule has 19 heavy (non-hydrogen) atoms. The van der Waals surface area contributed by atoms with Crippen LogP contribution in [0.15, 0.2) is 0 Å². The van der Waals surface area contributed by atoms with Gasteiger partial charge >= 0.3 is 12.1 Å². The number of ether oxygens (including phenoxy) is 2. The lowest BCUT2D eigenvalue weighted by Crippen LogP contribution is -2.60. The van der Waals surface area contributed by atoms with Crippen LogP contribution in [-0.4, -0.2) is 53.0 Å². The molecule has 1 fully saturated rings. The molecule has 0 aromatic carbocycles. The van der Waals surface area contributed by atoms with Gasteiger partial charge in [0, 0.05) is 6.54 Å². The van der Waals surface area contributed by atoms with E-state index in [0.717, 1.165) is 0 Å². The van der Waals surface area contributed by atoms with Crippen LogP contribution in [0.4, 0.5) is 4.79 Å². The molecule has 1 saturated heterocycles. The highest BCUT2D eigenvalue weighted by atomic mass is 16.6. The van der Waals surface area contributed by atoms with Crippen molar-refractivity contribution in [3.05, 3.63) is 0 Å². The molecule has 1 aliphatic heterocycles. The largest absolute Gasteiger partial charge is 0.467 e. The fourth-order valence-electron chi connectivity index (χ4n) is 2.41. The van der Waals surface area contributed by atoms with E-state index < -0.39 is 29.3 Å². The van der Waals surface area contributed by atoms with Gasteiger partial charge in [-0.15, -0.1) is 0 Å². The van der Waals surface area contributed by atoms with Crippen LogP contribution in [0.5, 0.6) is 0 Å². The predicted molar refractivity (Wildman–Crippen MR) is 68.6 cm³/mol. The van der Waals surface area contributed by atoms with Crippen molar-refractivity contribution in [2.45, 2.75) is 57.8 Å². The van der Waals surface area contributed by atoms with E-state index in [1.807, 2.05) is 0 Å². The number of hydrogen-bond donors (Lipinski definition) is 1. The molecule has 1 amide bonds. The molecule has 0 bridgehead atoms. The Balaban J connectivity index is 3.04. The number of hydrogen-bond acceptors (Lipinski definition) is 5. The van der Waals surface area contributed by atoms with Crippen LogP contribution in [0.3, 0.4) is 0 Å². The number of carbonyl (C=O) groups excluding carboxylic acids is 2. The SMILES string of the molecule is COC(=O)C1(C(C)O)CCCN1C(=O)OC(C)(C)C. The molecule has 1 aliphatic rings.